The van der Waals surface area contributed by atoms with E-state index in [0.29, 0.717) is 23.9 Å². The molecule has 0 bridgehead atoms. The minimum atomic E-state index is -0.434. The van der Waals surface area contributed by atoms with Gasteiger partial charge in [-0.25, -0.2) is 4.39 Å². The quantitative estimate of drug-likeness (QED) is 0.121. The normalized spacial score (nSPS) is 16.7. The molecular weight excluding hydrogens is 511 g/mol. The number of amidine groups is 1. The molecule has 2 aromatic carbocycles. The Kier molecular flexibility index (Phi) is 12.7. The van der Waals surface area contributed by atoms with E-state index < -0.39 is 5.83 Å². The smallest absolute Gasteiger partial charge is 0.120 e. The lowest BCUT2D eigenvalue weighted by molar-refractivity contribution is 0.00640. The Hall–Kier alpha value is -2.98. The molecule has 0 spiro atoms. The lowest BCUT2D eigenvalue weighted by Crippen LogP contribution is -2.37. The van der Waals surface area contributed by atoms with Crippen LogP contribution < -0.4 is 5.73 Å². The molecule has 3 rings (SSSR count). The highest BCUT2D eigenvalue weighted by molar-refractivity contribution is 6.31. The van der Waals surface area contributed by atoms with E-state index in [1.54, 1.807) is 6.08 Å². The van der Waals surface area contributed by atoms with Crippen LogP contribution in [0.1, 0.15) is 63.2 Å². The van der Waals surface area contributed by atoms with Gasteiger partial charge in [-0.2, -0.15) is 5.26 Å². The van der Waals surface area contributed by atoms with Crippen molar-refractivity contribution in [1.82, 2.24) is 4.90 Å². The van der Waals surface area contributed by atoms with Crippen molar-refractivity contribution >= 4 is 17.4 Å². The van der Waals surface area contributed by atoms with E-state index in [0.717, 1.165) is 49.2 Å². The molecule has 0 saturated carbocycles. The van der Waals surface area contributed by atoms with Crippen LogP contribution in [0.15, 0.2) is 76.5 Å². The molecule has 1 aliphatic heterocycles. The van der Waals surface area contributed by atoms with Crippen LogP contribution in [0.3, 0.4) is 0 Å². The molecule has 1 aliphatic rings. The maximum Gasteiger partial charge on any atom is 0.120 e. The molecule has 1 atom stereocenters. The number of hydrogen-bond acceptors (Lipinski definition) is 4. The van der Waals surface area contributed by atoms with E-state index in [-0.39, 0.29) is 17.7 Å². The predicted octanol–water partition coefficient (Wildman–Crippen LogP) is 7.54. The second-order valence-electron chi connectivity index (χ2n) is 10.0. The number of benzene rings is 2. The zero-order chi connectivity index (χ0) is 28.0. The van der Waals surface area contributed by atoms with Crippen molar-refractivity contribution in [3.63, 3.8) is 0 Å². The number of rotatable bonds is 13. The molecule has 2 N–H and O–H groups in total. The summed E-state index contributed by atoms with van der Waals surface area (Å²) in [4.78, 5) is 6.90. The second-order valence-corrected chi connectivity index (χ2v) is 10.5. The topological polar surface area (TPSA) is 74.6 Å². The van der Waals surface area contributed by atoms with Gasteiger partial charge in [-0.15, -0.1) is 0 Å². The largest absolute Gasteiger partial charge is 0.386 e. The Labute approximate surface area is 237 Å². The number of aliphatic imine (C=N–C) groups is 1. The standard InChI is InChI=1S/C32H40ClFN4O/c1-3-4-5-18-38-19-15-28(16-20-38)32(39-23-31(36)37-17-7-10-30(33)24(2)34)27-13-11-26(12-14-27)29-9-6-8-25(21-29)22-35/h6-14,21,28,32H,3-5,15-20,23H2,1-2H3,(H2,36,37)/b10-7-,30-24-. The molecule has 1 unspecified atom stereocenters. The van der Waals surface area contributed by atoms with Gasteiger partial charge in [0.15, 0.2) is 0 Å². The van der Waals surface area contributed by atoms with Gasteiger partial charge in [-0.3, -0.25) is 4.99 Å². The molecule has 0 aromatic heterocycles. The summed E-state index contributed by atoms with van der Waals surface area (Å²) in [7, 11) is 0. The summed E-state index contributed by atoms with van der Waals surface area (Å²) in [6.07, 6.45) is 8.96. The average molecular weight is 551 g/mol. The van der Waals surface area contributed by atoms with E-state index in [9.17, 15) is 9.65 Å². The van der Waals surface area contributed by atoms with Crippen LogP contribution in [0.4, 0.5) is 4.39 Å². The van der Waals surface area contributed by atoms with Gasteiger partial charge in [0.25, 0.3) is 0 Å². The lowest BCUT2D eigenvalue weighted by Gasteiger charge is -2.36. The number of ether oxygens (including phenoxy) is 1. The first-order valence-electron chi connectivity index (χ1n) is 13.8. The van der Waals surface area contributed by atoms with Gasteiger partial charge in [0, 0.05) is 0 Å². The highest BCUT2D eigenvalue weighted by Gasteiger charge is 2.28. The minimum absolute atomic E-state index is 0.0592. The van der Waals surface area contributed by atoms with Gasteiger partial charge in [0.1, 0.15) is 18.3 Å². The summed E-state index contributed by atoms with van der Waals surface area (Å²) < 4.78 is 19.5. The van der Waals surface area contributed by atoms with E-state index >= 15 is 0 Å². The number of halogens is 2. The molecule has 0 amide bonds. The van der Waals surface area contributed by atoms with Crippen LogP contribution in [-0.2, 0) is 4.74 Å². The molecule has 208 valence electrons. The molecule has 0 radical (unpaired) electrons. The SMILES string of the molecule is CCCCCN1CCC(C(OCC(N)=NC/C=C\C(Cl)=C(/C)F)c2ccc(-c3cccc(C#N)c3)cc2)CC1. The number of nitriles is 1. The summed E-state index contributed by atoms with van der Waals surface area (Å²) in [6.45, 7) is 7.37. The van der Waals surface area contributed by atoms with Crippen LogP contribution in [0.2, 0.25) is 0 Å². The zero-order valence-corrected chi connectivity index (χ0v) is 23.8. The van der Waals surface area contributed by atoms with Crippen LogP contribution in [-0.4, -0.2) is 43.5 Å². The Bertz CT molecular complexity index is 1170. The summed E-state index contributed by atoms with van der Waals surface area (Å²) in [5, 5.41) is 9.31. The molecule has 1 saturated heterocycles. The van der Waals surface area contributed by atoms with Crippen molar-refractivity contribution in [1.29, 1.82) is 5.26 Å². The molecule has 39 heavy (non-hydrogen) atoms. The van der Waals surface area contributed by atoms with E-state index in [4.69, 9.17) is 22.1 Å². The third-order valence-corrected chi connectivity index (χ3v) is 7.49. The van der Waals surface area contributed by atoms with Crippen LogP contribution in [0.5, 0.6) is 0 Å². The Morgan fingerprint density at radius 3 is 2.62 bits per heavy atom. The maximum absolute atomic E-state index is 13.1. The summed E-state index contributed by atoms with van der Waals surface area (Å²) in [5.41, 5.74) is 9.99. The molecule has 1 heterocycles. The average Bonchev–Trinajstić information content (AvgIpc) is 2.96. The highest BCUT2D eigenvalue weighted by Crippen LogP contribution is 2.35. The van der Waals surface area contributed by atoms with Crippen molar-refractivity contribution in [3.05, 3.63) is 82.7 Å². The van der Waals surface area contributed by atoms with Gasteiger partial charge in [-0.05, 0) is 86.6 Å². The second kappa shape index (κ2) is 16.2. The summed E-state index contributed by atoms with van der Waals surface area (Å²) >= 11 is 5.79. The molecule has 7 heteroatoms. The summed E-state index contributed by atoms with van der Waals surface area (Å²) in [6, 6.07) is 18.3. The molecular formula is C32H40ClFN4O. The van der Waals surface area contributed by atoms with E-state index in [1.807, 2.05) is 24.3 Å². The fraction of sp³-hybridized carbons (Fsp3) is 0.438. The van der Waals surface area contributed by atoms with Gasteiger partial charge in [0.05, 0.1) is 29.3 Å². The lowest BCUT2D eigenvalue weighted by atomic mass is 9.86. The van der Waals surface area contributed by atoms with Gasteiger partial charge >= 0.3 is 0 Å². The Morgan fingerprint density at radius 1 is 1.21 bits per heavy atom. The number of nitrogens with zero attached hydrogens (tertiary/aromatic N) is 3. The number of nitrogens with two attached hydrogens (primary N) is 1. The fourth-order valence-electron chi connectivity index (χ4n) is 4.86. The number of piperidine rings is 1. The molecule has 0 aliphatic carbocycles. The van der Waals surface area contributed by atoms with Crippen molar-refractivity contribution in [2.45, 2.75) is 52.1 Å². The van der Waals surface area contributed by atoms with E-state index in [2.05, 4.69) is 47.2 Å². The monoisotopic (exact) mass is 550 g/mol. The van der Waals surface area contributed by atoms with Crippen LogP contribution in [0.25, 0.3) is 11.1 Å². The molecule has 5 nitrogen and oxygen atoms in total. The fourth-order valence-corrected chi connectivity index (χ4v) is 4.95. The van der Waals surface area contributed by atoms with Gasteiger partial charge < -0.3 is 15.4 Å². The van der Waals surface area contributed by atoms with Crippen LogP contribution >= 0.6 is 11.6 Å². The maximum atomic E-state index is 13.1. The number of hydrogen-bond donors (Lipinski definition) is 1. The van der Waals surface area contributed by atoms with Crippen LogP contribution in [0, 0.1) is 17.2 Å². The van der Waals surface area contributed by atoms with Gasteiger partial charge in [-0.1, -0.05) is 73.8 Å². The molecule has 1 fully saturated rings. The summed E-state index contributed by atoms with van der Waals surface area (Å²) in [5.74, 6) is 0.337. The molecule has 2 aromatic rings. The van der Waals surface area contributed by atoms with Crippen molar-refractivity contribution in [2.75, 3.05) is 32.8 Å². The van der Waals surface area contributed by atoms with Crippen molar-refractivity contribution in [3.8, 4) is 17.2 Å². The van der Waals surface area contributed by atoms with E-state index in [1.165, 1.54) is 32.3 Å². The Balaban J connectivity index is 1.70. The zero-order valence-electron chi connectivity index (χ0n) is 23.1. The first-order chi connectivity index (χ1) is 18.9. The number of allylic oxidation sites excluding steroid dienone is 3. The number of likely N-dealkylation sites (tertiary alicyclic amines) is 1. The Morgan fingerprint density at radius 2 is 1.95 bits per heavy atom. The number of unbranched alkanes of at least 4 members (excludes halogenated alkanes) is 2. The first kappa shape index (κ1) is 30.6. The highest BCUT2D eigenvalue weighted by atomic mass is 35.5. The predicted molar refractivity (Wildman–Crippen MR) is 159 cm³/mol. The van der Waals surface area contributed by atoms with Gasteiger partial charge in [0.2, 0.25) is 0 Å². The third kappa shape index (κ3) is 9.93. The third-order valence-electron chi connectivity index (χ3n) is 7.11. The minimum Gasteiger partial charge on any atom is -0.386 e. The van der Waals surface area contributed by atoms with Crippen molar-refractivity contribution in [2.24, 2.45) is 16.6 Å². The first-order valence-corrected chi connectivity index (χ1v) is 14.2. The van der Waals surface area contributed by atoms with Crippen molar-refractivity contribution < 1.29 is 9.13 Å².